The van der Waals surface area contributed by atoms with Crippen LogP contribution in [-0.4, -0.2) is 28.9 Å². The molecule has 1 aliphatic heterocycles. The maximum Gasteiger partial charge on any atom is 0.341 e. The average Bonchev–Trinajstić information content (AvgIpc) is 2.54. The van der Waals surface area contributed by atoms with Crippen molar-refractivity contribution >= 4 is 5.97 Å². The molecule has 1 aliphatic rings. The topological polar surface area (TPSA) is 56.1 Å². The van der Waals surface area contributed by atoms with Gasteiger partial charge in [0.2, 0.25) is 0 Å². The van der Waals surface area contributed by atoms with Gasteiger partial charge in [-0.1, -0.05) is 0 Å². The molecular weight excluding hydrogens is 194 g/mol. The lowest BCUT2D eigenvalue weighted by Gasteiger charge is -2.15. The van der Waals surface area contributed by atoms with E-state index in [2.05, 4.69) is 10.4 Å². The molecule has 0 aromatic carbocycles. The fraction of sp³-hybridized carbons (Fsp3) is 0.600. The van der Waals surface area contributed by atoms with Gasteiger partial charge in [-0.05, 0) is 13.8 Å². The van der Waals surface area contributed by atoms with Gasteiger partial charge in [0.15, 0.2) is 0 Å². The molecule has 5 heteroatoms. The van der Waals surface area contributed by atoms with E-state index in [-0.39, 0.29) is 5.97 Å². The molecule has 0 bridgehead atoms. The third-order valence-electron chi connectivity index (χ3n) is 2.51. The van der Waals surface area contributed by atoms with Crippen LogP contribution in [0.2, 0.25) is 0 Å². The summed E-state index contributed by atoms with van der Waals surface area (Å²) in [6, 6.07) is 0. The first kappa shape index (κ1) is 10.2. The Morgan fingerprint density at radius 2 is 2.47 bits per heavy atom. The van der Waals surface area contributed by atoms with Gasteiger partial charge >= 0.3 is 5.97 Å². The molecular formula is C10H15N3O2. The van der Waals surface area contributed by atoms with Crippen molar-refractivity contribution in [2.24, 2.45) is 0 Å². The van der Waals surface area contributed by atoms with Crippen LogP contribution in [0.4, 0.5) is 0 Å². The zero-order valence-corrected chi connectivity index (χ0v) is 9.04. The molecule has 1 aromatic rings. The highest BCUT2D eigenvalue weighted by Crippen LogP contribution is 2.17. The number of carbonyl (C=O) groups is 1. The minimum atomic E-state index is -0.264. The van der Waals surface area contributed by atoms with Crippen LogP contribution in [0.5, 0.6) is 0 Å². The molecule has 82 valence electrons. The number of hydrogen-bond donors (Lipinski definition) is 1. The zero-order valence-electron chi connectivity index (χ0n) is 9.04. The van der Waals surface area contributed by atoms with Crippen molar-refractivity contribution in [3.63, 3.8) is 0 Å². The van der Waals surface area contributed by atoms with Gasteiger partial charge in [0.25, 0.3) is 0 Å². The standard InChI is InChI=1S/C10H15N3O2/c1-3-15-10(14)9-7(2)12-13-5-4-11-6-8(9)13/h11H,3-6H2,1-2H3. The molecule has 1 aromatic heterocycles. The Morgan fingerprint density at radius 3 is 3.20 bits per heavy atom. The van der Waals surface area contributed by atoms with E-state index in [0.29, 0.717) is 18.7 Å². The van der Waals surface area contributed by atoms with E-state index in [0.717, 1.165) is 24.5 Å². The highest BCUT2D eigenvalue weighted by molar-refractivity contribution is 5.92. The van der Waals surface area contributed by atoms with Gasteiger partial charge in [-0.3, -0.25) is 4.68 Å². The Hall–Kier alpha value is -1.36. The molecule has 0 aliphatic carbocycles. The first-order valence-corrected chi connectivity index (χ1v) is 5.18. The summed E-state index contributed by atoms with van der Waals surface area (Å²) in [5, 5.41) is 7.55. The van der Waals surface area contributed by atoms with Crippen molar-refractivity contribution in [3.8, 4) is 0 Å². The Morgan fingerprint density at radius 1 is 1.67 bits per heavy atom. The van der Waals surface area contributed by atoms with E-state index in [1.807, 2.05) is 11.6 Å². The lowest BCUT2D eigenvalue weighted by molar-refractivity contribution is 0.0523. The van der Waals surface area contributed by atoms with Gasteiger partial charge in [-0.2, -0.15) is 5.10 Å². The molecule has 0 atom stereocenters. The minimum Gasteiger partial charge on any atom is -0.462 e. The van der Waals surface area contributed by atoms with Crippen molar-refractivity contribution in [3.05, 3.63) is 17.0 Å². The normalized spacial score (nSPS) is 14.8. The number of ether oxygens (including phenoxy) is 1. The van der Waals surface area contributed by atoms with Gasteiger partial charge in [-0.15, -0.1) is 0 Å². The molecule has 0 radical (unpaired) electrons. The second-order valence-electron chi connectivity index (χ2n) is 3.53. The summed E-state index contributed by atoms with van der Waals surface area (Å²) in [7, 11) is 0. The first-order valence-electron chi connectivity index (χ1n) is 5.18. The quantitative estimate of drug-likeness (QED) is 0.719. The molecule has 15 heavy (non-hydrogen) atoms. The minimum absolute atomic E-state index is 0.264. The van der Waals surface area contributed by atoms with Crippen molar-refractivity contribution in [2.75, 3.05) is 13.2 Å². The van der Waals surface area contributed by atoms with Crippen LogP contribution in [0.3, 0.4) is 0 Å². The lowest BCUT2D eigenvalue weighted by Crippen LogP contribution is -2.29. The average molecular weight is 209 g/mol. The Bertz CT molecular complexity index is 384. The number of nitrogens with one attached hydrogen (secondary N) is 1. The van der Waals surface area contributed by atoms with Crippen molar-refractivity contribution in [1.29, 1.82) is 0 Å². The van der Waals surface area contributed by atoms with Crippen LogP contribution in [0.25, 0.3) is 0 Å². The molecule has 0 saturated heterocycles. The number of fused-ring (bicyclic) bond motifs is 1. The zero-order chi connectivity index (χ0) is 10.8. The van der Waals surface area contributed by atoms with E-state index in [4.69, 9.17) is 4.74 Å². The molecule has 0 amide bonds. The monoisotopic (exact) mass is 209 g/mol. The molecule has 0 fully saturated rings. The maximum absolute atomic E-state index is 11.7. The van der Waals surface area contributed by atoms with Crippen LogP contribution in [-0.2, 0) is 17.8 Å². The second-order valence-corrected chi connectivity index (χ2v) is 3.53. The van der Waals surface area contributed by atoms with Crippen LogP contribution in [0, 0.1) is 6.92 Å². The smallest absolute Gasteiger partial charge is 0.341 e. The number of aryl methyl sites for hydroxylation is 1. The van der Waals surface area contributed by atoms with E-state index in [1.165, 1.54) is 0 Å². The Labute approximate surface area is 88.4 Å². The van der Waals surface area contributed by atoms with Gasteiger partial charge in [0.1, 0.15) is 5.56 Å². The Kier molecular flexibility index (Phi) is 2.73. The molecule has 5 nitrogen and oxygen atoms in total. The van der Waals surface area contributed by atoms with E-state index in [1.54, 1.807) is 6.92 Å². The van der Waals surface area contributed by atoms with Gasteiger partial charge < -0.3 is 10.1 Å². The first-order chi connectivity index (χ1) is 7.24. The number of aromatic nitrogens is 2. The summed E-state index contributed by atoms with van der Waals surface area (Å²) in [5.74, 6) is -0.264. The molecule has 0 spiro atoms. The van der Waals surface area contributed by atoms with E-state index >= 15 is 0 Å². The van der Waals surface area contributed by atoms with Crippen LogP contribution < -0.4 is 5.32 Å². The fourth-order valence-corrected chi connectivity index (χ4v) is 1.85. The third-order valence-corrected chi connectivity index (χ3v) is 2.51. The van der Waals surface area contributed by atoms with Gasteiger partial charge in [0.05, 0.1) is 24.5 Å². The maximum atomic E-state index is 11.7. The molecule has 0 saturated carbocycles. The SMILES string of the molecule is CCOC(=O)c1c(C)nn2c1CNCC2. The predicted octanol–water partition coefficient (Wildman–Crippen LogP) is 0.471. The summed E-state index contributed by atoms with van der Waals surface area (Å²) in [4.78, 5) is 11.7. The van der Waals surface area contributed by atoms with Gasteiger partial charge in [0, 0.05) is 13.1 Å². The highest BCUT2D eigenvalue weighted by atomic mass is 16.5. The number of hydrogen-bond acceptors (Lipinski definition) is 4. The summed E-state index contributed by atoms with van der Waals surface area (Å²) in [6.45, 7) is 6.45. The van der Waals surface area contributed by atoms with Crippen LogP contribution >= 0.6 is 0 Å². The third kappa shape index (κ3) is 1.74. The van der Waals surface area contributed by atoms with E-state index in [9.17, 15) is 4.79 Å². The van der Waals surface area contributed by atoms with Crippen molar-refractivity contribution in [2.45, 2.75) is 26.9 Å². The van der Waals surface area contributed by atoms with Crippen molar-refractivity contribution < 1.29 is 9.53 Å². The number of carbonyl (C=O) groups excluding carboxylic acids is 1. The second kappa shape index (κ2) is 4.02. The largest absolute Gasteiger partial charge is 0.462 e. The lowest BCUT2D eigenvalue weighted by atomic mass is 10.1. The summed E-state index contributed by atoms with van der Waals surface area (Å²) >= 11 is 0. The summed E-state index contributed by atoms with van der Waals surface area (Å²) < 4.78 is 6.90. The van der Waals surface area contributed by atoms with E-state index < -0.39 is 0 Å². The summed E-state index contributed by atoms with van der Waals surface area (Å²) in [6.07, 6.45) is 0. The molecule has 2 rings (SSSR count). The predicted molar refractivity (Wildman–Crippen MR) is 54.6 cm³/mol. The van der Waals surface area contributed by atoms with Crippen molar-refractivity contribution in [1.82, 2.24) is 15.1 Å². The summed E-state index contributed by atoms with van der Waals surface area (Å²) in [5.41, 5.74) is 2.33. The van der Waals surface area contributed by atoms with Gasteiger partial charge in [-0.25, -0.2) is 4.79 Å². The molecule has 2 heterocycles. The van der Waals surface area contributed by atoms with Crippen LogP contribution in [0.15, 0.2) is 0 Å². The number of rotatable bonds is 2. The molecule has 0 unspecified atom stereocenters. The fourth-order valence-electron chi connectivity index (χ4n) is 1.85. The number of esters is 1. The highest BCUT2D eigenvalue weighted by Gasteiger charge is 2.23. The Balaban J connectivity index is 2.37. The number of nitrogens with zero attached hydrogens (tertiary/aromatic N) is 2. The molecule has 1 N–H and O–H groups in total. The van der Waals surface area contributed by atoms with Crippen LogP contribution in [0.1, 0.15) is 28.7 Å².